The Hall–Kier alpha value is -2.10. The molecule has 0 amide bonds. The van der Waals surface area contributed by atoms with Crippen LogP contribution in [-0.2, 0) is 0 Å². The standard InChI is InChI=1S/C12H9FN2O/c1-8-11(15-7-6-14-8)12(16)9-2-4-10(13)5-3-9/h2-7H,1H3. The van der Waals surface area contributed by atoms with E-state index in [2.05, 4.69) is 9.97 Å². The zero-order valence-corrected chi connectivity index (χ0v) is 8.64. The monoisotopic (exact) mass is 216 g/mol. The van der Waals surface area contributed by atoms with Crippen LogP contribution in [0.25, 0.3) is 0 Å². The van der Waals surface area contributed by atoms with Crippen LogP contribution in [0, 0.1) is 12.7 Å². The molecule has 0 aliphatic carbocycles. The number of aromatic nitrogens is 2. The molecular formula is C12H9FN2O. The van der Waals surface area contributed by atoms with Gasteiger partial charge in [-0.05, 0) is 31.2 Å². The number of rotatable bonds is 2. The van der Waals surface area contributed by atoms with Gasteiger partial charge in [0, 0.05) is 18.0 Å². The summed E-state index contributed by atoms with van der Waals surface area (Å²) >= 11 is 0. The van der Waals surface area contributed by atoms with Crippen molar-refractivity contribution in [2.24, 2.45) is 0 Å². The minimum Gasteiger partial charge on any atom is -0.287 e. The average Bonchev–Trinajstić information content (AvgIpc) is 2.30. The van der Waals surface area contributed by atoms with Gasteiger partial charge in [-0.3, -0.25) is 9.78 Å². The summed E-state index contributed by atoms with van der Waals surface area (Å²) in [5, 5.41) is 0. The SMILES string of the molecule is Cc1nccnc1C(=O)c1ccc(F)cc1. The van der Waals surface area contributed by atoms with E-state index < -0.39 is 0 Å². The predicted octanol–water partition coefficient (Wildman–Crippen LogP) is 2.16. The highest BCUT2D eigenvalue weighted by Crippen LogP contribution is 2.10. The van der Waals surface area contributed by atoms with E-state index in [4.69, 9.17) is 0 Å². The molecule has 2 aromatic rings. The van der Waals surface area contributed by atoms with E-state index in [-0.39, 0.29) is 11.6 Å². The lowest BCUT2D eigenvalue weighted by molar-refractivity contribution is 0.103. The van der Waals surface area contributed by atoms with E-state index in [1.807, 2.05) is 0 Å². The van der Waals surface area contributed by atoms with E-state index >= 15 is 0 Å². The number of carbonyl (C=O) groups excluding carboxylic acids is 1. The zero-order valence-electron chi connectivity index (χ0n) is 8.64. The molecule has 0 aliphatic rings. The normalized spacial score (nSPS) is 10.1. The van der Waals surface area contributed by atoms with E-state index in [9.17, 15) is 9.18 Å². The van der Waals surface area contributed by atoms with Crippen molar-refractivity contribution in [3.05, 3.63) is 59.4 Å². The average molecular weight is 216 g/mol. The maximum Gasteiger partial charge on any atom is 0.213 e. The molecule has 0 saturated carbocycles. The Bertz CT molecular complexity index is 523. The van der Waals surface area contributed by atoms with Crippen molar-refractivity contribution in [2.75, 3.05) is 0 Å². The highest BCUT2D eigenvalue weighted by atomic mass is 19.1. The smallest absolute Gasteiger partial charge is 0.213 e. The number of aryl methyl sites for hydroxylation is 1. The molecule has 0 fully saturated rings. The highest BCUT2D eigenvalue weighted by Gasteiger charge is 2.13. The molecule has 0 atom stereocenters. The Morgan fingerprint density at radius 3 is 2.38 bits per heavy atom. The summed E-state index contributed by atoms with van der Waals surface area (Å²) in [5.41, 5.74) is 1.27. The molecule has 2 rings (SSSR count). The Morgan fingerprint density at radius 1 is 1.12 bits per heavy atom. The summed E-state index contributed by atoms with van der Waals surface area (Å²) in [4.78, 5) is 19.9. The van der Waals surface area contributed by atoms with Crippen LogP contribution >= 0.6 is 0 Å². The largest absolute Gasteiger partial charge is 0.287 e. The van der Waals surface area contributed by atoms with Gasteiger partial charge in [0.15, 0.2) is 0 Å². The molecule has 1 heterocycles. The Labute approximate surface area is 92.0 Å². The van der Waals surface area contributed by atoms with Gasteiger partial charge in [0.25, 0.3) is 0 Å². The molecule has 16 heavy (non-hydrogen) atoms. The Morgan fingerprint density at radius 2 is 1.75 bits per heavy atom. The van der Waals surface area contributed by atoms with Crippen molar-refractivity contribution in [1.29, 1.82) is 0 Å². The number of benzene rings is 1. The van der Waals surface area contributed by atoms with E-state index in [1.54, 1.807) is 6.92 Å². The molecule has 80 valence electrons. The highest BCUT2D eigenvalue weighted by molar-refractivity contribution is 6.08. The van der Waals surface area contributed by atoms with Gasteiger partial charge < -0.3 is 0 Å². The van der Waals surface area contributed by atoms with Crippen molar-refractivity contribution in [3.63, 3.8) is 0 Å². The van der Waals surface area contributed by atoms with Crippen LogP contribution in [0.2, 0.25) is 0 Å². The quantitative estimate of drug-likeness (QED) is 0.722. The van der Waals surface area contributed by atoms with E-state index in [0.717, 1.165) is 0 Å². The van der Waals surface area contributed by atoms with Gasteiger partial charge >= 0.3 is 0 Å². The minimum atomic E-state index is -0.368. The summed E-state index contributed by atoms with van der Waals surface area (Å²) in [6.45, 7) is 1.71. The fourth-order valence-corrected chi connectivity index (χ4v) is 1.37. The Balaban J connectivity index is 2.40. The Kier molecular flexibility index (Phi) is 2.72. The molecule has 0 radical (unpaired) electrons. The number of halogens is 1. The van der Waals surface area contributed by atoms with Crippen molar-refractivity contribution < 1.29 is 9.18 Å². The summed E-state index contributed by atoms with van der Waals surface area (Å²) in [5.74, 6) is -0.613. The lowest BCUT2D eigenvalue weighted by Gasteiger charge is -2.02. The van der Waals surface area contributed by atoms with Crippen LogP contribution in [0.4, 0.5) is 4.39 Å². The first kappa shape index (κ1) is 10.4. The zero-order chi connectivity index (χ0) is 11.5. The van der Waals surface area contributed by atoms with Crippen molar-refractivity contribution >= 4 is 5.78 Å². The van der Waals surface area contributed by atoms with Gasteiger partial charge in [0.1, 0.15) is 11.5 Å². The molecule has 4 heteroatoms. The molecule has 0 aliphatic heterocycles. The molecule has 0 saturated heterocycles. The van der Waals surface area contributed by atoms with Gasteiger partial charge in [-0.15, -0.1) is 0 Å². The molecular weight excluding hydrogens is 207 g/mol. The maximum absolute atomic E-state index is 12.7. The maximum atomic E-state index is 12.7. The summed E-state index contributed by atoms with van der Waals surface area (Å²) < 4.78 is 12.7. The molecule has 1 aromatic heterocycles. The molecule has 1 aromatic carbocycles. The summed E-state index contributed by atoms with van der Waals surface area (Å²) in [6, 6.07) is 5.37. The molecule has 0 bridgehead atoms. The number of nitrogens with zero attached hydrogens (tertiary/aromatic N) is 2. The summed E-state index contributed by atoms with van der Waals surface area (Å²) in [7, 11) is 0. The second-order valence-corrected chi connectivity index (χ2v) is 3.33. The topological polar surface area (TPSA) is 42.9 Å². The second kappa shape index (κ2) is 4.18. The lowest BCUT2D eigenvalue weighted by Crippen LogP contribution is -2.07. The third-order valence-electron chi connectivity index (χ3n) is 2.20. The van der Waals surface area contributed by atoms with Gasteiger partial charge in [-0.25, -0.2) is 9.37 Å². The molecule has 3 nitrogen and oxygen atoms in total. The third-order valence-corrected chi connectivity index (χ3v) is 2.20. The number of ketones is 1. The fraction of sp³-hybridized carbons (Fsp3) is 0.0833. The lowest BCUT2D eigenvalue weighted by atomic mass is 10.1. The van der Waals surface area contributed by atoms with Crippen LogP contribution < -0.4 is 0 Å². The van der Waals surface area contributed by atoms with Crippen LogP contribution in [0.1, 0.15) is 21.7 Å². The first-order valence-corrected chi connectivity index (χ1v) is 4.76. The van der Waals surface area contributed by atoms with Crippen LogP contribution in [-0.4, -0.2) is 15.8 Å². The van der Waals surface area contributed by atoms with Crippen molar-refractivity contribution in [2.45, 2.75) is 6.92 Å². The van der Waals surface area contributed by atoms with Crippen molar-refractivity contribution in [3.8, 4) is 0 Å². The number of hydrogen-bond acceptors (Lipinski definition) is 3. The predicted molar refractivity (Wildman–Crippen MR) is 56.6 cm³/mol. The summed E-state index contributed by atoms with van der Waals surface area (Å²) in [6.07, 6.45) is 2.99. The van der Waals surface area contributed by atoms with Gasteiger partial charge in [0.2, 0.25) is 5.78 Å². The minimum absolute atomic E-state index is 0.245. The third kappa shape index (κ3) is 1.95. The second-order valence-electron chi connectivity index (χ2n) is 3.33. The van der Waals surface area contributed by atoms with Crippen LogP contribution in [0.3, 0.4) is 0 Å². The van der Waals surface area contributed by atoms with Gasteiger partial charge in [0.05, 0.1) is 5.69 Å². The number of hydrogen-bond donors (Lipinski definition) is 0. The molecule has 0 N–H and O–H groups in total. The van der Waals surface area contributed by atoms with Gasteiger partial charge in [-0.2, -0.15) is 0 Å². The molecule has 0 unspecified atom stereocenters. The number of carbonyl (C=O) groups is 1. The van der Waals surface area contributed by atoms with Gasteiger partial charge in [-0.1, -0.05) is 0 Å². The fourth-order valence-electron chi connectivity index (χ4n) is 1.37. The van der Waals surface area contributed by atoms with Crippen LogP contribution in [0.15, 0.2) is 36.7 Å². The first-order valence-electron chi connectivity index (χ1n) is 4.76. The molecule has 0 spiro atoms. The first-order chi connectivity index (χ1) is 7.68. The van der Waals surface area contributed by atoms with Crippen LogP contribution in [0.5, 0.6) is 0 Å². The van der Waals surface area contributed by atoms with Crippen molar-refractivity contribution in [1.82, 2.24) is 9.97 Å². The van der Waals surface area contributed by atoms with E-state index in [0.29, 0.717) is 17.0 Å². The van der Waals surface area contributed by atoms with E-state index in [1.165, 1.54) is 36.7 Å².